The van der Waals surface area contributed by atoms with E-state index in [1.54, 1.807) is 0 Å². The number of nitrogens with zero attached hydrogens (tertiary/aromatic N) is 1. The summed E-state index contributed by atoms with van der Waals surface area (Å²) < 4.78 is 0. The van der Waals surface area contributed by atoms with Gasteiger partial charge in [0.2, 0.25) is 0 Å². The normalized spacial score (nSPS) is 14.9. The molecule has 0 saturated carbocycles. The molecule has 1 heterocycles. The van der Waals surface area contributed by atoms with Crippen molar-refractivity contribution in [3.05, 3.63) is 17.3 Å². The molecule has 4 N–H and O–H groups in total. The number of aromatic nitrogens is 1. The summed E-state index contributed by atoms with van der Waals surface area (Å²) in [6.07, 6.45) is 5.19. The predicted octanol–water partition coefficient (Wildman–Crippen LogP) is 0.735. The smallest absolute Gasteiger partial charge is 0.146 e. The highest BCUT2D eigenvalue weighted by molar-refractivity contribution is 5.65. The molecule has 0 spiro atoms. The summed E-state index contributed by atoms with van der Waals surface area (Å²) in [5, 5.41) is 0. The Kier molecular flexibility index (Phi) is 1.24. The van der Waals surface area contributed by atoms with Crippen LogP contribution in [0.4, 0.5) is 11.5 Å². The number of hydrogen-bond donors (Lipinski definition) is 2. The van der Waals surface area contributed by atoms with Crippen LogP contribution >= 0.6 is 0 Å². The third-order valence-electron chi connectivity index (χ3n) is 2.22. The van der Waals surface area contributed by atoms with E-state index in [0.717, 1.165) is 12.8 Å². The van der Waals surface area contributed by atoms with Crippen molar-refractivity contribution in [3.63, 3.8) is 0 Å². The summed E-state index contributed by atoms with van der Waals surface area (Å²) in [7, 11) is 0. The van der Waals surface area contributed by atoms with Crippen LogP contribution in [0.25, 0.3) is 0 Å². The van der Waals surface area contributed by atoms with E-state index in [1.165, 1.54) is 17.5 Å². The van der Waals surface area contributed by atoms with Gasteiger partial charge < -0.3 is 11.5 Å². The lowest BCUT2D eigenvalue weighted by molar-refractivity contribution is 0.911. The van der Waals surface area contributed by atoms with Gasteiger partial charge in [0.1, 0.15) is 5.82 Å². The Bertz CT molecular complexity index is 294. The number of nitrogen functional groups attached to an aromatic ring is 2. The first-order valence-electron chi connectivity index (χ1n) is 3.80. The van der Waals surface area contributed by atoms with E-state index in [1.807, 2.05) is 6.20 Å². The molecule has 1 aliphatic carbocycles. The van der Waals surface area contributed by atoms with Gasteiger partial charge in [0.15, 0.2) is 0 Å². The SMILES string of the molecule is Nc1ncc2c(c1N)CCC2. The van der Waals surface area contributed by atoms with Gasteiger partial charge in [-0.15, -0.1) is 0 Å². The summed E-state index contributed by atoms with van der Waals surface area (Å²) in [4.78, 5) is 4.00. The Morgan fingerprint density at radius 2 is 2.09 bits per heavy atom. The molecular formula is C8H11N3. The lowest BCUT2D eigenvalue weighted by Crippen LogP contribution is -2.01. The van der Waals surface area contributed by atoms with Gasteiger partial charge in [0.25, 0.3) is 0 Å². The van der Waals surface area contributed by atoms with Gasteiger partial charge in [-0.05, 0) is 30.4 Å². The van der Waals surface area contributed by atoms with Crippen molar-refractivity contribution >= 4 is 11.5 Å². The predicted molar refractivity (Wildman–Crippen MR) is 45.1 cm³/mol. The minimum atomic E-state index is 0.477. The Morgan fingerprint density at radius 3 is 2.91 bits per heavy atom. The second kappa shape index (κ2) is 2.12. The van der Waals surface area contributed by atoms with E-state index in [9.17, 15) is 0 Å². The number of rotatable bonds is 0. The fourth-order valence-electron chi connectivity index (χ4n) is 1.59. The second-order valence-electron chi connectivity index (χ2n) is 2.91. The summed E-state index contributed by atoms with van der Waals surface area (Å²) >= 11 is 0. The first-order valence-corrected chi connectivity index (χ1v) is 3.80. The molecule has 0 atom stereocenters. The molecule has 3 heteroatoms. The molecule has 0 unspecified atom stereocenters. The Morgan fingerprint density at radius 1 is 1.27 bits per heavy atom. The number of fused-ring (bicyclic) bond motifs is 1. The monoisotopic (exact) mass is 149 g/mol. The molecule has 0 aromatic carbocycles. The highest BCUT2D eigenvalue weighted by Crippen LogP contribution is 2.28. The summed E-state index contributed by atoms with van der Waals surface area (Å²) in [5.74, 6) is 0.477. The summed E-state index contributed by atoms with van der Waals surface area (Å²) in [6, 6.07) is 0. The average Bonchev–Trinajstić information content (AvgIpc) is 2.45. The standard InChI is InChI=1S/C8H11N3/c9-7-6-3-1-2-5(6)4-11-8(7)10/h4H,1-3,9H2,(H2,10,11). The Labute approximate surface area is 65.4 Å². The van der Waals surface area contributed by atoms with E-state index < -0.39 is 0 Å². The Hall–Kier alpha value is -1.25. The van der Waals surface area contributed by atoms with Crippen molar-refractivity contribution in [3.8, 4) is 0 Å². The first kappa shape index (κ1) is 6.46. The van der Waals surface area contributed by atoms with Crippen LogP contribution in [-0.4, -0.2) is 4.98 Å². The van der Waals surface area contributed by atoms with Crippen LogP contribution in [0, 0.1) is 0 Å². The zero-order valence-electron chi connectivity index (χ0n) is 6.30. The number of hydrogen-bond acceptors (Lipinski definition) is 3. The molecule has 0 aliphatic heterocycles. The molecule has 0 amide bonds. The van der Waals surface area contributed by atoms with Crippen molar-refractivity contribution in [2.24, 2.45) is 0 Å². The van der Waals surface area contributed by atoms with Gasteiger partial charge in [-0.25, -0.2) is 4.98 Å². The quantitative estimate of drug-likeness (QED) is 0.571. The van der Waals surface area contributed by atoms with Gasteiger partial charge in [-0.3, -0.25) is 0 Å². The minimum Gasteiger partial charge on any atom is -0.396 e. The van der Waals surface area contributed by atoms with Crippen LogP contribution in [0.15, 0.2) is 6.20 Å². The largest absolute Gasteiger partial charge is 0.396 e. The summed E-state index contributed by atoms with van der Waals surface area (Å²) in [6.45, 7) is 0. The van der Waals surface area contributed by atoms with E-state index in [4.69, 9.17) is 11.5 Å². The maximum Gasteiger partial charge on any atom is 0.146 e. The molecule has 1 aromatic rings. The van der Waals surface area contributed by atoms with Crippen LogP contribution < -0.4 is 11.5 Å². The van der Waals surface area contributed by atoms with Crippen molar-refractivity contribution in [2.45, 2.75) is 19.3 Å². The van der Waals surface area contributed by atoms with E-state index in [2.05, 4.69) is 4.98 Å². The molecule has 11 heavy (non-hydrogen) atoms. The molecule has 0 radical (unpaired) electrons. The molecule has 58 valence electrons. The van der Waals surface area contributed by atoms with Crippen molar-refractivity contribution in [2.75, 3.05) is 11.5 Å². The van der Waals surface area contributed by atoms with Gasteiger partial charge >= 0.3 is 0 Å². The molecule has 2 rings (SSSR count). The van der Waals surface area contributed by atoms with Crippen molar-refractivity contribution in [1.82, 2.24) is 4.98 Å². The zero-order chi connectivity index (χ0) is 7.84. The minimum absolute atomic E-state index is 0.477. The highest BCUT2D eigenvalue weighted by atomic mass is 14.9. The molecular weight excluding hydrogens is 138 g/mol. The van der Waals surface area contributed by atoms with Gasteiger partial charge in [-0.1, -0.05) is 0 Å². The molecule has 1 aliphatic rings. The molecule has 3 nitrogen and oxygen atoms in total. The molecule has 0 fully saturated rings. The number of pyridine rings is 1. The Balaban J connectivity index is 2.62. The van der Waals surface area contributed by atoms with Crippen LogP contribution in [0.2, 0.25) is 0 Å². The highest BCUT2D eigenvalue weighted by Gasteiger charge is 2.15. The fourth-order valence-corrected chi connectivity index (χ4v) is 1.59. The van der Waals surface area contributed by atoms with E-state index in [-0.39, 0.29) is 0 Å². The molecule has 1 aromatic heterocycles. The van der Waals surface area contributed by atoms with E-state index in [0.29, 0.717) is 11.5 Å². The average molecular weight is 149 g/mol. The van der Waals surface area contributed by atoms with Crippen molar-refractivity contribution < 1.29 is 0 Å². The maximum absolute atomic E-state index is 5.75. The lowest BCUT2D eigenvalue weighted by Gasteiger charge is -2.04. The van der Waals surface area contributed by atoms with Crippen LogP contribution in [0.1, 0.15) is 17.5 Å². The maximum atomic E-state index is 5.75. The zero-order valence-corrected chi connectivity index (χ0v) is 6.30. The topological polar surface area (TPSA) is 64.9 Å². The van der Waals surface area contributed by atoms with Gasteiger partial charge in [-0.2, -0.15) is 0 Å². The van der Waals surface area contributed by atoms with E-state index >= 15 is 0 Å². The number of anilines is 2. The number of nitrogens with two attached hydrogens (primary N) is 2. The number of aryl methyl sites for hydroxylation is 1. The lowest BCUT2D eigenvalue weighted by atomic mass is 10.1. The van der Waals surface area contributed by atoms with Gasteiger partial charge in [0, 0.05) is 6.20 Å². The third kappa shape index (κ3) is 0.843. The first-order chi connectivity index (χ1) is 5.29. The van der Waals surface area contributed by atoms with Gasteiger partial charge in [0.05, 0.1) is 5.69 Å². The third-order valence-corrected chi connectivity index (χ3v) is 2.22. The fraction of sp³-hybridized carbons (Fsp3) is 0.375. The second-order valence-corrected chi connectivity index (χ2v) is 2.91. The summed E-state index contributed by atoms with van der Waals surface area (Å²) in [5.41, 5.74) is 14.5. The van der Waals surface area contributed by atoms with Crippen molar-refractivity contribution in [1.29, 1.82) is 0 Å². The molecule has 0 bridgehead atoms. The van der Waals surface area contributed by atoms with Crippen LogP contribution in [0.5, 0.6) is 0 Å². The van der Waals surface area contributed by atoms with Crippen LogP contribution in [-0.2, 0) is 12.8 Å². The molecule has 0 saturated heterocycles. The van der Waals surface area contributed by atoms with Crippen LogP contribution in [0.3, 0.4) is 0 Å².